The van der Waals surface area contributed by atoms with Crippen molar-refractivity contribution in [1.29, 1.82) is 0 Å². The van der Waals surface area contributed by atoms with Gasteiger partial charge < -0.3 is 14.8 Å². The number of imidazole rings is 1. The number of aryl methyl sites for hydroxylation is 1. The summed E-state index contributed by atoms with van der Waals surface area (Å²) in [6.07, 6.45) is 2.94. The highest BCUT2D eigenvalue weighted by molar-refractivity contribution is 5.92. The Hall–Kier alpha value is -4.40. The molecule has 2 heterocycles. The molecule has 0 saturated carbocycles. The van der Waals surface area contributed by atoms with Crippen LogP contribution >= 0.6 is 0 Å². The van der Waals surface area contributed by atoms with Crippen molar-refractivity contribution in [2.45, 2.75) is 53.5 Å². The van der Waals surface area contributed by atoms with Gasteiger partial charge in [-0.25, -0.2) is 9.78 Å². The van der Waals surface area contributed by atoms with Gasteiger partial charge in [-0.3, -0.25) is 14.5 Å². The fourth-order valence-corrected chi connectivity index (χ4v) is 4.94. The van der Waals surface area contributed by atoms with Crippen molar-refractivity contribution >= 4 is 23.1 Å². The van der Waals surface area contributed by atoms with E-state index in [-0.39, 0.29) is 28.0 Å². The number of nitro benzene ring substituents is 1. The van der Waals surface area contributed by atoms with Crippen LogP contribution in [0.25, 0.3) is 16.9 Å². The first kappa shape index (κ1) is 27.6. The molecule has 0 aliphatic rings. The zero-order valence-electron chi connectivity index (χ0n) is 23.4. The van der Waals surface area contributed by atoms with Crippen molar-refractivity contribution in [3.05, 3.63) is 82.0 Å². The van der Waals surface area contributed by atoms with E-state index in [0.717, 1.165) is 34.7 Å². The number of benzene rings is 2. The van der Waals surface area contributed by atoms with Gasteiger partial charge >= 0.3 is 5.97 Å². The third kappa shape index (κ3) is 6.37. The Kier molecular flexibility index (Phi) is 7.37. The number of hydrogen-bond donors (Lipinski definition) is 1. The lowest BCUT2D eigenvalue weighted by Crippen LogP contribution is -2.36. The zero-order chi connectivity index (χ0) is 28.5. The summed E-state index contributed by atoms with van der Waals surface area (Å²) in [6, 6.07) is 14.6. The van der Waals surface area contributed by atoms with Crippen molar-refractivity contribution in [3.8, 4) is 22.8 Å². The minimum absolute atomic E-state index is 0.105. The van der Waals surface area contributed by atoms with E-state index in [9.17, 15) is 14.9 Å². The maximum Gasteiger partial charge on any atom is 0.343 e. The Morgan fingerprint density at radius 1 is 1.03 bits per heavy atom. The topological polar surface area (TPSA) is 108 Å². The van der Waals surface area contributed by atoms with E-state index >= 15 is 0 Å². The number of rotatable bonds is 8. The Balaban J connectivity index is 1.70. The fourth-order valence-electron chi connectivity index (χ4n) is 4.94. The largest absolute Gasteiger partial charge is 0.493 e. The lowest BCUT2D eigenvalue weighted by Gasteiger charge is -2.34. The summed E-state index contributed by atoms with van der Waals surface area (Å²) < 4.78 is 13.2. The molecule has 0 atom stereocenters. The molecule has 204 valence electrons. The van der Waals surface area contributed by atoms with Crippen LogP contribution in [0.3, 0.4) is 0 Å². The van der Waals surface area contributed by atoms with Gasteiger partial charge in [-0.2, -0.15) is 0 Å². The normalized spacial score (nSPS) is 11.9. The van der Waals surface area contributed by atoms with Gasteiger partial charge in [0.05, 0.1) is 17.6 Å². The molecule has 0 bridgehead atoms. The number of anilines is 1. The van der Waals surface area contributed by atoms with Gasteiger partial charge in [-0.05, 0) is 80.6 Å². The molecule has 2 aromatic heterocycles. The van der Waals surface area contributed by atoms with Crippen LogP contribution in [-0.2, 0) is 0 Å². The lowest BCUT2D eigenvalue weighted by molar-refractivity contribution is -0.384. The van der Waals surface area contributed by atoms with Crippen LogP contribution in [0, 0.1) is 22.5 Å². The van der Waals surface area contributed by atoms with E-state index in [4.69, 9.17) is 14.5 Å². The Morgan fingerprint density at radius 2 is 1.72 bits per heavy atom. The average Bonchev–Trinajstić information content (AvgIpc) is 3.19. The van der Waals surface area contributed by atoms with Crippen molar-refractivity contribution in [1.82, 2.24) is 9.38 Å². The molecule has 1 N–H and O–H groups in total. The number of nitrogens with zero attached hydrogens (tertiary/aromatic N) is 3. The van der Waals surface area contributed by atoms with Crippen LogP contribution in [0.1, 0.15) is 57.0 Å². The first-order valence-corrected chi connectivity index (χ1v) is 12.7. The molecule has 4 rings (SSSR count). The molecule has 4 aromatic rings. The number of hydrogen-bond acceptors (Lipinski definition) is 7. The minimum Gasteiger partial charge on any atom is -0.493 e. The molecule has 2 aromatic carbocycles. The maximum absolute atomic E-state index is 12.7. The van der Waals surface area contributed by atoms with E-state index in [0.29, 0.717) is 5.75 Å². The summed E-state index contributed by atoms with van der Waals surface area (Å²) in [5, 5.41) is 14.6. The molecular weight excluding hydrogens is 496 g/mol. The van der Waals surface area contributed by atoms with Gasteiger partial charge in [0, 0.05) is 29.4 Å². The van der Waals surface area contributed by atoms with Crippen LogP contribution < -0.4 is 14.8 Å². The molecule has 0 spiro atoms. The number of aromatic nitrogens is 2. The second kappa shape index (κ2) is 10.4. The van der Waals surface area contributed by atoms with Gasteiger partial charge in [-0.1, -0.05) is 20.8 Å². The van der Waals surface area contributed by atoms with Crippen molar-refractivity contribution in [2.24, 2.45) is 5.41 Å². The number of carbonyl (C=O) groups excluding carboxylic acids is 1. The second-order valence-corrected chi connectivity index (χ2v) is 11.5. The number of ether oxygens (including phenoxy) is 2. The van der Waals surface area contributed by atoms with Gasteiger partial charge in [-0.15, -0.1) is 0 Å². The summed E-state index contributed by atoms with van der Waals surface area (Å²) in [5.41, 5.74) is 3.43. The van der Waals surface area contributed by atoms with Crippen molar-refractivity contribution in [2.75, 3.05) is 12.4 Å². The van der Waals surface area contributed by atoms with E-state index in [1.807, 2.05) is 35.7 Å². The summed E-state index contributed by atoms with van der Waals surface area (Å²) >= 11 is 0. The molecule has 39 heavy (non-hydrogen) atoms. The van der Waals surface area contributed by atoms with Gasteiger partial charge in [0.1, 0.15) is 17.2 Å². The number of methoxy groups -OCH3 is 1. The summed E-state index contributed by atoms with van der Waals surface area (Å²) in [4.78, 5) is 28.0. The standard InChI is InChI=1S/C30H34N4O5/c1-19-14-15-33-25(16-19)31-26(27(33)32-30(5,6)18-29(2,3)4)21-10-13-23(24(17-21)38-7)39-28(35)20-8-11-22(12-9-20)34(36)37/h8-17,32H,18H2,1-7H3. The first-order valence-electron chi connectivity index (χ1n) is 12.7. The smallest absolute Gasteiger partial charge is 0.343 e. The summed E-state index contributed by atoms with van der Waals surface area (Å²) in [6.45, 7) is 13.0. The minimum atomic E-state index is -0.648. The molecule has 9 nitrogen and oxygen atoms in total. The number of pyridine rings is 1. The molecule has 0 aliphatic carbocycles. The number of esters is 1. The monoisotopic (exact) mass is 530 g/mol. The highest BCUT2D eigenvalue weighted by Crippen LogP contribution is 2.38. The molecule has 9 heteroatoms. The van der Waals surface area contributed by atoms with Crippen LogP contribution in [0.4, 0.5) is 11.5 Å². The predicted octanol–water partition coefficient (Wildman–Crippen LogP) is 7.07. The molecular formula is C30H34N4O5. The number of carbonyl (C=O) groups is 1. The second-order valence-electron chi connectivity index (χ2n) is 11.5. The molecule has 0 saturated heterocycles. The quantitative estimate of drug-likeness (QED) is 0.112. The predicted molar refractivity (Wildman–Crippen MR) is 152 cm³/mol. The van der Waals surface area contributed by atoms with E-state index in [1.54, 1.807) is 12.1 Å². The maximum atomic E-state index is 12.7. The van der Waals surface area contributed by atoms with E-state index in [2.05, 4.69) is 39.9 Å². The average molecular weight is 531 g/mol. The fraction of sp³-hybridized carbons (Fsp3) is 0.333. The van der Waals surface area contributed by atoms with Gasteiger partial charge in [0.25, 0.3) is 5.69 Å². The highest BCUT2D eigenvalue weighted by Gasteiger charge is 2.28. The van der Waals surface area contributed by atoms with Crippen LogP contribution in [0.5, 0.6) is 11.5 Å². The Labute approximate surface area is 227 Å². The third-order valence-corrected chi connectivity index (χ3v) is 6.16. The number of fused-ring (bicyclic) bond motifs is 1. The van der Waals surface area contributed by atoms with Crippen LogP contribution in [-0.4, -0.2) is 32.9 Å². The number of nitro groups is 1. The van der Waals surface area contributed by atoms with Crippen molar-refractivity contribution < 1.29 is 19.2 Å². The Bertz CT molecular complexity index is 1530. The zero-order valence-corrected chi connectivity index (χ0v) is 23.4. The SMILES string of the molecule is COc1cc(-c2nc3cc(C)ccn3c2NC(C)(C)CC(C)(C)C)ccc1OC(=O)c1ccc([N+](=O)[O-])cc1. The lowest BCUT2D eigenvalue weighted by atomic mass is 9.82. The van der Waals surface area contributed by atoms with Gasteiger partial charge in [0.15, 0.2) is 11.5 Å². The molecule has 0 amide bonds. The highest BCUT2D eigenvalue weighted by atomic mass is 16.6. The first-order chi connectivity index (χ1) is 18.3. The molecule has 0 fully saturated rings. The van der Waals surface area contributed by atoms with E-state index < -0.39 is 10.9 Å². The summed E-state index contributed by atoms with van der Waals surface area (Å²) in [7, 11) is 1.50. The van der Waals surface area contributed by atoms with Crippen molar-refractivity contribution in [3.63, 3.8) is 0 Å². The molecule has 0 aliphatic heterocycles. The number of nitrogens with one attached hydrogen (secondary N) is 1. The molecule has 0 radical (unpaired) electrons. The Morgan fingerprint density at radius 3 is 2.33 bits per heavy atom. The van der Waals surface area contributed by atoms with Gasteiger partial charge in [0.2, 0.25) is 0 Å². The number of non-ortho nitro benzene ring substituents is 1. The van der Waals surface area contributed by atoms with Crippen LogP contribution in [0.2, 0.25) is 0 Å². The summed E-state index contributed by atoms with van der Waals surface area (Å²) in [5.74, 6) is 0.796. The molecule has 0 unspecified atom stereocenters. The van der Waals surface area contributed by atoms with Crippen LogP contribution in [0.15, 0.2) is 60.8 Å². The third-order valence-electron chi connectivity index (χ3n) is 6.16. The van der Waals surface area contributed by atoms with E-state index in [1.165, 1.54) is 31.4 Å².